The average molecular weight is 392 g/mol. The van der Waals surface area contributed by atoms with E-state index in [-0.39, 0.29) is 11.7 Å². The molecule has 2 amide bonds. The van der Waals surface area contributed by atoms with Crippen LogP contribution in [0, 0.1) is 0 Å². The van der Waals surface area contributed by atoms with Crippen molar-refractivity contribution in [1.29, 1.82) is 0 Å². The summed E-state index contributed by atoms with van der Waals surface area (Å²) in [6.45, 7) is 2.82. The quantitative estimate of drug-likeness (QED) is 0.219. The van der Waals surface area contributed by atoms with Crippen molar-refractivity contribution in [3.05, 3.63) is 23.8 Å². The van der Waals surface area contributed by atoms with Crippen molar-refractivity contribution in [2.24, 2.45) is 16.8 Å². The Morgan fingerprint density at radius 2 is 1.96 bits per heavy atom. The molecule has 3 rings (SSSR count). The Balaban J connectivity index is 1.79. The molecule has 4 N–H and O–H groups in total. The molecule has 1 saturated heterocycles. The van der Waals surface area contributed by atoms with Crippen LogP contribution in [0.5, 0.6) is 0 Å². The molecule has 10 heteroatoms. The lowest BCUT2D eigenvalue weighted by atomic mass is 10.1. The second kappa shape index (κ2) is 8.15. The topological polar surface area (TPSA) is 112 Å². The predicted molar refractivity (Wildman–Crippen MR) is 108 cm³/mol. The maximum atomic E-state index is 12.7. The molecule has 9 nitrogen and oxygen atoms in total. The third-order valence-electron chi connectivity index (χ3n) is 5.06. The number of carbonyl (C=O) groups is 2. The van der Waals surface area contributed by atoms with E-state index < -0.39 is 5.91 Å². The van der Waals surface area contributed by atoms with E-state index in [1.54, 1.807) is 16.8 Å². The normalized spacial score (nSPS) is 17.1. The zero-order valence-electron chi connectivity index (χ0n) is 15.3. The number of amides is 2. The van der Waals surface area contributed by atoms with Crippen LogP contribution in [0.2, 0.25) is 0 Å². The number of carbonyl (C=O) groups excluding carboxylic acids is 2. The molecular weight excluding hydrogens is 366 g/mol. The van der Waals surface area contributed by atoms with E-state index >= 15 is 0 Å². The average Bonchev–Trinajstić information content (AvgIpc) is 3.30. The molecule has 0 bridgehead atoms. The molecule has 1 fully saturated rings. The SMILES string of the molecule is CN(C(=O)CN1CCCC1)c1ccc2c(c1)N(C(=O)/C(=N/N)N(N)S)CC2. The zero-order valence-corrected chi connectivity index (χ0v) is 16.2. The molecule has 27 heavy (non-hydrogen) atoms. The van der Waals surface area contributed by atoms with Crippen LogP contribution in [-0.2, 0) is 16.0 Å². The van der Waals surface area contributed by atoms with Crippen molar-refractivity contribution in [1.82, 2.24) is 9.31 Å². The summed E-state index contributed by atoms with van der Waals surface area (Å²) in [7, 11) is 1.75. The van der Waals surface area contributed by atoms with E-state index in [9.17, 15) is 9.59 Å². The van der Waals surface area contributed by atoms with Crippen molar-refractivity contribution < 1.29 is 9.59 Å². The largest absolute Gasteiger partial charge is 0.321 e. The van der Waals surface area contributed by atoms with Crippen molar-refractivity contribution in [3.63, 3.8) is 0 Å². The van der Waals surface area contributed by atoms with Gasteiger partial charge in [0, 0.05) is 25.0 Å². The number of hydrogen-bond donors (Lipinski definition) is 3. The Bertz CT molecular complexity index is 762. The number of nitrogens with zero attached hydrogens (tertiary/aromatic N) is 5. The standard InChI is InChI=1S/C17H25N7O2S/c1-21(15(25)11-22-7-2-3-8-22)13-5-4-12-6-9-23(14(12)10-13)17(26)16(20-18)24(19)27/h4-5,10,27H,2-3,6-9,11,18-19H2,1H3/b20-16-. The summed E-state index contributed by atoms with van der Waals surface area (Å²) in [5.41, 5.74) is 2.49. The number of likely N-dealkylation sites (N-methyl/N-ethyl adjacent to an activating group) is 1. The third kappa shape index (κ3) is 4.02. The van der Waals surface area contributed by atoms with Crippen molar-refractivity contribution in [2.75, 3.05) is 43.0 Å². The minimum atomic E-state index is -0.433. The van der Waals surface area contributed by atoms with Crippen molar-refractivity contribution in [2.45, 2.75) is 19.3 Å². The first kappa shape index (κ1) is 19.5. The molecule has 0 aliphatic carbocycles. The first-order valence-corrected chi connectivity index (χ1v) is 9.27. The van der Waals surface area contributed by atoms with Gasteiger partial charge >= 0.3 is 0 Å². The van der Waals surface area contributed by atoms with Gasteiger partial charge < -0.3 is 15.6 Å². The first-order valence-electron chi connectivity index (χ1n) is 8.87. The second-order valence-electron chi connectivity index (χ2n) is 6.75. The number of hydrazone groups is 1. The Hall–Kier alpha value is -2.30. The number of nitrogens with two attached hydrogens (primary N) is 2. The molecule has 0 saturated carbocycles. The minimum absolute atomic E-state index is 0.0282. The molecular formula is C17H25N7O2S. The highest BCUT2D eigenvalue weighted by Crippen LogP contribution is 2.32. The molecule has 2 aliphatic rings. The third-order valence-corrected chi connectivity index (χ3v) is 5.25. The molecule has 0 spiro atoms. The molecule has 1 aromatic rings. The predicted octanol–water partition coefficient (Wildman–Crippen LogP) is -0.0730. The number of benzene rings is 1. The van der Waals surface area contributed by atoms with Gasteiger partial charge in [0.1, 0.15) is 0 Å². The van der Waals surface area contributed by atoms with Gasteiger partial charge in [-0.3, -0.25) is 14.5 Å². The fourth-order valence-corrected chi connectivity index (χ4v) is 3.64. The number of fused-ring (bicyclic) bond motifs is 1. The van der Waals surface area contributed by atoms with Gasteiger partial charge in [0.05, 0.1) is 6.54 Å². The zero-order chi connectivity index (χ0) is 19.6. The monoisotopic (exact) mass is 391 g/mol. The molecule has 0 atom stereocenters. The van der Waals surface area contributed by atoms with Crippen molar-refractivity contribution >= 4 is 41.8 Å². The number of amidine groups is 1. The van der Waals surface area contributed by atoms with E-state index in [0.717, 1.165) is 47.3 Å². The Kier molecular flexibility index (Phi) is 5.88. The van der Waals surface area contributed by atoms with Gasteiger partial charge in [0.25, 0.3) is 5.91 Å². The van der Waals surface area contributed by atoms with Crippen LogP contribution in [0.3, 0.4) is 0 Å². The van der Waals surface area contributed by atoms with E-state index in [1.165, 1.54) is 0 Å². The summed E-state index contributed by atoms with van der Waals surface area (Å²) < 4.78 is 0.801. The molecule has 2 heterocycles. The highest BCUT2D eigenvalue weighted by molar-refractivity contribution is 7.78. The Morgan fingerprint density at radius 1 is 1.26 bits per heavy atom. The van der Waals surface area contributed by atoms with E-state index in [0.29, 0.717) is 19.5 Å². The summed E-state index contributed by atoms with van der Waals surface area (Å²) in [6.07, 6.45) is 2.99. The molecule has 2 aliphatic heterocycles. The summed E-state index contributed by atoms with van der Waals surface area (Å²) in [5.74, 6) is 10.2. The van der Waals surface area contributed by atoms with Crippen LogP contribution in [0.25, 0.3) is 0 Å². The minimum Gasteiger partial charge on any atom is -0.321 e. The van der Waals surface area contributed by atoms with E-state index in [2.05, 4.69) is 22.8 Å². The highest BCUT2D eigenvalue weighted by Gasteiger charge is 2.30. The van der Waals surface area contributed by atoms with E-state index in [4.69, 9.17) is 11.7 Å². The molecule has 146 valence electrons. The highest BCUT2D eigenvalue weighted by atomic mass is 32.1. The van der Waals surface area contributed by atoms with Gasteiger partial charge in [0.15, 0.2) is 0 Å². The number of hydrogen-bond acceptors (Lipinski definition) is 7. The second-order valence-corrected chi connectivity index (χ2v) is 7.18. The van der Waals surface area contributed by atoms with Crippen LogP contribution in [0.4, 0.5) is 11.4 Å². The van der Waals surface area contributed by atoms with Crippen LogP contribution in [0.1, 0.15) is 18.4 Å². The summed E-state index contributed by atoms with van der Waals surface area (Å²) in [5, 5.41) is 3.43. The molecule has 1 aromatic carbocycles. The molecule has 0 unspecified atom stereocenters. The van der Waals surface area contributed by atoms with Gasteiger partial charge in [-0.05, 0) is 62.9 Å². The number of thiol groups is 1. The number of likely N-dealkylation sites (tertiary alicyclic amines) is 1. The summed E-state index contributed by atoms with van der Waals surface area (Å²) in [4.78, 5) is 30.6. The lowest BCUT2D eigenvalue weighted by Gasteiger charge is -2.24. The van der Waals surface area contributed by atoms with Crippen LogP contribution < -0.4 is 21.5 Å². The summed E-state index contributed by atoms with van der Waals surface area (Å²) in [6, 6.07) is 5.69. The molecule has 0 aromatic heterocycles. The van der Waals surface area contributed by atoms with Gasteiger partial charge in [-0.25, -0.2) is 10.3 Å². The lowest BCUT2D eigenvalue weighted by Crippen LogP contribution is -2.44. The lowest BCUT2D eigenvalue weighted by molar-refractivity contribution is -0.119. The van der Waals surface area contributed by atoms with Gasteiger partial charge in [-0.1, -0.05) is 6.07 Å². The number of rotatable bonds is 3. The Labute approximate surface area is 164 Å². The van der Waals surface area contributed by atoms with Crippen LogP contribution >= 0.6 is 12.8 Å². The summed E-state index contributed by atoms with van der Waals surface area (Å²) >= 11 is 3.91. The number of anilines is 2. The Morgan fingerprint density at radius 3 is 2.59 bits per heavy atom. The fraction of sp³-hybridized carbons (Fsp3) is 0.471. The smallest absolute Gasteiger partial charge is 0.297 e. The van der Waals surface area contributed by atoms with Gasteiger partial charge in [0.2, 0.25) is 11.7 Å². The molecule has 0 radical (unpaired) electrons. The van der Waals surface area contributed by atoms with E-state index in [1.807, 2.05) is 18.2 Å². The van der Waals surface area contributed by atoms with Crippen molar-refractivity contribution in [3.8, 4) is 0 Å². The first-order chi connectivity index (χ1) is 12.9. The maximum absolute atomic E-state index is 12.7. The fourth-order valence-electron chi connectivity index (χ4n) is 3.50. The maximum Gasteiger partial charge on any atom is 0.297 e. The number of hydrazine groups is 1. The van der Waals surface area contributed by atoms with Crippen LogP contribution in [0.15, 0.2) is 23.3 Å². The van der Waals surface area contributed by atoms with Crippen LogP contribution in [-0.4, -0.2) is 60.2 Å². The van der Waals surface area contributed by atoms with Gasteiger partial charge in [-0.2, -0.15) is 5.10 Å². The van der Waals surface area contributed by atoms with Gasteiger partial charge in [-0.15, -0.1) is 0 Å².